The highest BCUT2D eigenvalue weighted by atomic mass is 35.5. The Labute approximate surface area is 188 Å². The van der Waals surface area contributed by atoms with Gasteiger partial charge in [0.05, 0.1) is 11.6 Å². The first-order chi connectivity index (χ1) is 14.7. The number of hydrogen-bond donors (Lipinski definition) is 0. The largest absolute Gasteiger partial charge is 0.464 e. The van der Waals surface area contributed by atoms with Crippen molar-refractivity contribution in [1.82, 2.24) is 4.90 Å². The van der Waals surface area contributed by atoms with E-state index in [2.05, 4.69) is 0 Å². The molecule has 0 saturated carbocycles. The molecule has 0 fully saturated rings. The molecule has 0 N–H and O–H groups in total. The maximum absolute atomic E-state index is 12.9. The van der Waals surface area contributed by atoms with Crippen LogP contribution in [0, 0.1) is 11.3 Å². The summed E-state index contributed by atoms with van der Waals surface area (Å²) in [6.45, 7) is 2.40. The van der Waals surface area contributed by atoms with Gasteiger partial charge in [-0.05, 0) is 48.9 Å². The second-order valence-corrected chi connectivity index (χ2v) is 7.44. The first-order valence-corrected chi connectivity index (χ1v) is 9.86. The van der Waals surface area contributed by atoms with Crippen molar-refractivity contribution in [3.8, 4) is 17.4 Å². The summed E-state index contributed by atoms with van der Waals surface area (Å²) in [4.78, 5) is 37.3. The molecule has 0 saturated heterocycles. The molecule has 1 aliphatic rings. The standard InChI is InChI=1S/C22H16Cl2N2O5/c1-12-17(21(28)26(7-8-30-13(2)27)22(29)18(12)11-25)10-15-4-6-20(31-15)16-5-3-14(23)9-19(16)24/h3-6,9-10H,7-8H2,1-2H3/b17-10-. The summed E-state index contributed by atoms with van der Waals surface area (Å²) in [5.74, 6) is -1.10. The summed E-state index contributed by atoms with van der Waals surface area (Å²) in [6, 6.07) is 10.1. The van der Waals surface area contributed by atoms with Crippen molar-refractivity contribution in [2.24, 2.45) is 0 Å². The van der Waals surface area contributed by atoms with Gasteiger partial charge in [-0.3, -0.25) is 19.3 Å². The number of furan rings is 1. The molecule has 0 radical (unpaired) electrons. The third-order valence-corrected chi connectivity index (χ3v) is 5.10. The van der Waals surface area contributed by atoms with Crippen LogP contribution in [0.5, 0.6) is 0 Å². The summed E-state index contributed by atoms with van der Waals surface area (Å²) >= 11 is 12.1. The van der Waals surface area contributed by atoms with Crippen LogP contribution >= 0.6 is 23.2 Å². The zero-order valence-corrected chi connectivity index (χ0v) is 18.1. The zero-order valence-electron chi connectivity index (χ0n) is 16.6. The summed E-state index contributed by atoms with van der Waals surface area (Å²) in [6.07, 6.45) is 1.45. The Morgan fingerprint density at radius 1 is 1.23 bits per heavy atom. The van der Waals surface area contributed by atoms with E-state index in [0.717, 1.165) is 4.90 Å². The summed E-state index contributed by atoms with van der Waals surface area (Å²) in [7, 11) is 0. The lowest BCUT2D eigenvalue weighted by atomic mass is 9.94. The fourth-order valence-electron chi connectivity index (χ4n) is 3.02. The number of imide groups is 1. The van der Waals surface area contributed by atoms with E-state index in [0.29, 0.717) is 27.1 Å². The molecule has 158 valence electrons. The number of esters is 1. The second-order valence-electron chi connectivity index (χ2n) is 6.60. The van der Waals surface area contributed by atoms with Gasteiger partial charge < -0.3 is 9.15 Å². The van der Waals surface area contributed by atoms with Crippen LogP contribution in [0.25, 0.3) is 17.4 Å². The SMILES string of the molecule is CC(=O)OCCN1C(=O)C(C#N)=C(C)/C(=C/c2ccc(-c3ccc(Cl)cc3Cl)o2)C1=O. The summed E-state index contributed by atoms with van der Waals surface area (Å²) in [5.41, 5.74) is 0.820. The Bertz CT molecular complexity index is 1190. The van der Waals surface area contributed by atoms with E-state index in [1.54, 1.807) is 30.3 Å². The smallest absolute Gasteiger partial charge is 0.302 e. The van der Waals surface area contributed by atoms with Gasteiger partial charge in [-0.15, -0.1) is 0 Å². The van der Waals surface area contributed by atoms with Gasteiger partial charge in [0, 0.05) is 23.1 Å². The molecular weight excluding hydrogens is 443 g/mol. The minimum Gasteiger partial charge on any atom is -0.464 e. The van der Waals surface area contributed by atoms with Crippen LogP contribution < -0.4 is 0 Å². The molecular formula is C22H16Cl2N2O5. The molecule has 1 aromatic carbocycles. The van der Waals surface area contributed by atoms with Crippen molar-refractivity contribution in [1.29, 1.82) is 5.26 Å². The Morgan fingerprint density at radius 3 is 2.61 bits per heavy atom. The number of halogens is 2. The molecule has 0 aliphatic carbocycles. The maximum Gasteiger partial charge on any atom is 0.302 e. The number of hydrogen-bond acceptors (Lipinski definition) is 6. The number of rotatable bonds is 5. The Hall–Kier alpha value is -3.34. The van der Waals surface area contributed by atoms with Gasteiger partial charge in [0.2, 0.25) is 0 Å². The van der Waals surface area contributed by atoms with E-state index in [1.807, 2.05) is 6.07 Å². The van der Waals surface area contributed by atoms with Crippen LogP contribution in [0.1, 0.15) is 19.6 Å². The number of ether oxygens (including phenoxy) is 1. The summed E-state index contributed by atoms with van der Waals surface area (Å²) < 4.78 is 10.6. The van der Waals surface area contributed by atoms with Crippen LogP contribution in [-0.4, -0.2) is 35.8 Å². The third kappa shape index (κ3) is 4.71. The van der Waals surface area contributed by atoms with Gasteiger partial charge in [-0.25, -0.2) is 0 Å². The van der Waals surface area contributed by atoms with E-state index in [4.69, 9.17) is 32.4 Å². The van der Waals surface area contributed by atoms with Crippen LogP contribution in [-0.2, 0) is 19.1 Å². The lowest BCUT2D eigenvalue weighted by Crippen LogP contribution is -2.44. The number of benzene rings is 1. The zero-order chi connectivity index (χ0) is 22.7. The van der Waals surface area contributed by atoms with E-state index >= 15 is 0 Å². The van der Waals surface area contributed by atoms with Crippen LogP contribution in [0.15, 0.2) is 51.5 Å². The van der Waals surface area contributed by atoms with Crippen molar-refractivity contribution >= 4 is 47.1 Å². The average molecular weight is 459 g/mol. The number of amides is 2. The van der Waals surface area contributed by atoms with Gasteiger partial charge in [-0.2, -0.15) is 5.26 Å². The fourth-order valence-corrected chi connectivity index (χ4v) is 3.52. The molecule has 31 heavy (non-hydrogen) atoms. The van der Waals surface area contributed by atoms with Gasteiger partial charge in [0.15, 0.2) is 0 Å². The molecule has 1 aromatic heterocycles. The predicted molar refractivity (Wildman–Crippen MR) is 114 cm³/mol. The van der Waals surface area contributed by atoms with E-state index in [1.165, 1.54) is 19.9 Å². The van der Waals surface area contributed by atoms with Crippen molar-refractivity contribution < 1.29 is 23.5 Å². The van der Waals surface area contributed by atoms with Crippen LogP contribution in [0.2, 0.25) is 10.0 Å². The Morgan fingerprint density at radius 2 is 1.97 bits per heavy atom. The monoisotopic (exact) mass is 458 g/mol. The highest BCUT2D eigenvalue weighted by Gasteiger charge is 2.35. The molecule has 0 spiro atoms. The number of carbonyl (C=O) groups excluding carboxylic acids is 3. The lowest BCUT2D eigenvalue weighted by molar-refractivity contribution is -0.147. The molecule has 0 atom stereocenters. The highest BCUT2D eigenvalue weighted by molar-refractivity contribution is 6.36. The van der Waals surface area contributed by atoms with E-state index in [9.17, 15) is 19.6 Å². The third-order valence-electron chi connectivity index (χ3n) is 4.56. The van der Waals surface area contributed by atoms with Gasteiger partial charge in [-0.1, -0.05) is 23.2 Å². The molecule has 3 rings (SSSR count). The van der Waals surface area contributed by atoms with Crippen molar-refractivity contribution in [2.45, 2.75) is 13.8 Å². The van der Waals surface area contributed by atoms with Crippen LogP contribution in [0.3, 0.4) is 0 Å². The molecule has 7 nitrogen and oxygen atoms in total. The molecule has 1 aliphatic heterocycles. The number of nitriles is 1. The summed E-state index contributed by atoms with van der Waals surface area (Å²) in [5, 5.41) is 10.3. The number of nitrogens with zero attached hydrogens (tertiary/aromatic N) is 2. The second kappa shape index (κ2) is 9.21. The van der Waals surface area contributed by atoms with Gasteiger partial charge >= 0.3 is 5.97 Å². The molecule has 2 aromatic rings. The predicted octanol–water partition coefficient (Wildman–Crippen LogP) is 4.41. The first-order valence-electron chi connectivity index (χ1n) is 9.10. The van der Waals surface area contributed by atoms with Crippen molar-refractivity contribution in [2.75, 3.05) is 13.2 Å². The van der Waals surface area contributed by atoms with Gasteiger partial charge in [0.1, 0.15) is 29.8 Å². The molecule has 0 unspecified atom stereocenters. The van der Waals surface area contributed by atoms with Crippen molar-refractivity contribution in [3.63, 3.8) is 0 Å². The lowest BCUT2D eigenvalue weighted by Gasteiger charge is -2.27. The van der Waals surface area contributed by atoms with E-state index in [-0.39, 0.29) is 29.9 Å². The quantitative estimate of drug-likeness (QED) is 0.373. The minimum atomic E-state index is -0.734. The fraction of sp³-hybridized carbons (Fsp3) is 0.182. The average Bonchev–Trinajstić information content (AvgIpc) is 3.16. The molecule has 2 amide bonds. The normalized spacial score (nSPS) is 15.5. The molecule has 2 heterocycles. The van der Waals surface area contributed by atoms with E-state index < -0.39 is 17.8 Å². The minimum absolute atomic E-state index is 0.127. The topological polar surface area (TPSA) is 101 Å². The maximum atomic E-state index is 12.9. The highest BCUT2D eigenvalue weighted by Crippen LogP contribution is 2.33. The van der Waals surface area contributed by atoms with Gasteiger partial charge in [0.25, 0.3) is 11.8 Å². The Balaban J connectivity index is 1.96. The number of carbonyl (C=O) groups is 3. The molecule has 9 heteroatoms. The van der Waals surface area contributed by atoms with Crippen molar-refractivity contribution in [3.05, 3.63) is 62.9 Å². The van der Waals surface area contributed by atoms with Crippen LogP contribution in [0.4, 0.5) is 0 Å². The Kier molecular flexibility index (Phi) is 6.64. The first kappa shape index (κ1) is 22.3. The molecule has 0 bridgehead atoms.